The van der Waals surface area contributed by atoms with E-state index < -0.39 is 10.1 Å². The van der Waals surface area contributed by atoms with Crippen LogP contribution in [0, 0.1) is 12.3 Å². The Balaban J connectivity index is 2.15. The first-order valence-corrected chi connectivity index (χ1v) is 7.18. The van der Waals surface area contributed by atoms with Gasteiger partial charge >= 0.3 is 10.1 Å². The predicted molar refractivity (Wildman–Crippen MR) is 73.6 cm³/mol. The van der Waals surface area contributed by atoms with Crippen molar-refractivity contribution in [3.63, 3.8) is 0 Å². The fraction of sp³-hybridized carbons (Fsp3) is 0.0769. The minimum absolute atomic E-state index is 0.0790. The summed E-state index contributed by atoms with van der Waals surface area (Å²) >= 11 is 0. The van der Waals surface area contributed by atoms with Crippen LogP contribution in [-0.4, -0.2) is 30.6 Å². The number of hydrogen-bond acceptors (Lipinski definition) is 5. The average molecular weight is 305 g/mol. The number of imidazole rings is 1. The molecule has 1 amide bonds. The molecule has 0 radical (unpaired) electrons. The van der Waals surface area contributed by atoms with Crippen molar-refractivity contribution in [2.24, 2.45) is 0 Å². The van der Waals surface area contributed by atoms with Gasteiger partial charge in [-0.15, -0.1) is 6.42 Å². The molecule has 108 valence electrons. The third kappa shape index (κ3) is 3.61. The van der Waals surface area contributed by atoms with Gasteiger partial charge in [-0.25, -0.2) is 4.98 Å². The second-order valence-electron chi connectivity index (χ2n) is 3.86. The Morgan fingerprint density at radius 2 is 2.10 bits per heavy atom. The van der Waals surface area contributed by atoms with E-state index in [1.165, 1.54) is 43.0 Å². The zero-order valence-corrected chi connectivity index (χ0v) is 11.6. The van der Waals surface area contributed by atoms with Crippen molar-refractivity contribution in [1.29, 1.82) is 0 Å². The van der Waals surface area contributed by atoms with E-state index >= 15 is 0 Å². The molecule has 0 aliphatic rings. The highest BCUT2D eigenvalue weighted by Gasteiger charge is 2.17. The fourth-order valence-electron chi connectivity index (χ4n) is 1.45. The Bertz CT molecular complexity index is 759. The predicted octanol–water partition coefficient (Wildman–Crippen LogP) is 0.0636. The Morgan fingerprint density at radius 1 is 1.38 bits per heavy atom. The fourth-order valence-corrected chi connectivity index (χ4v) is 2.32. The summed E-state index contributed by atoms with van der Waals surface area (Å²) < 4.78 is 29.7. The highest BCUT2D eigenvalue weighted by atomic mass is 32.2. The summed E-state index contributed by atoms with van der Waals surface area (Å²) in [5.74, 6) is 1.89. The van der Waals surface area contributed by atoms with Gasteiger partial charge in [-0.2, -0.15) is 13.1 Å². The summed E-state index contributed by atoms with van der Waals surface area (Å²) in [5, 5.41) is 2.48. The molecule has 0 unspecified atom stereocenters. The highest BCUT2D eigenvalue weighted by Crippen LogP contribution is 2.11. The summed E-state index contributed by atoms with van der Waals surface area (Å²) in [6.07, 6.45) is 8.97. The maximum Gasteiger partial charge on any atom is 0.357 e. The Morgan fingerprint density at radius 3 is 2.67 bits per heavy atom. The van der Waals surface area contributed by atoms with Crippen molar-refractivity contribution in [3.8, 4) is 12.3 Å². The van der Waals surface area contributed by atoms with Gasteiger partial charge in [0.2, 0.25) is 0 Å². The van der Waals surface area contributed by atoms with E-state index in [2.05, 4.69) is 16.2 Å². The number of aromatic nitrogens is 2. The number of benzene rings is 1. The van der Waals surface area contributed by atoms with Gasteiger partial charge in [0.1, 0.15) is 11.2 Å². The monoisotopic (exact) mass is 305 g/mol. The zero-order valence-electron chi connectivity index (χ0n) is 10.8. The third-order valence-electron chi connectivity index (χ3n) is 2.42. The van der Waals surface area contributed by atoms with Crippen LogP contribution in [0.3, 0.4) is 0 Å². The van der Waals surface area contributed by atoms with E-state index in [1.807, 2.05) is 0 Å². The standard InChI is InChI=1S/C13H11N3O4S/c1-2-7-15-13(17)11-3-5-12(6-4-11)21(18,19)20-16-9-8-14-10-16/h1,3-6,8-10H,7H2,(H,15,17). The van der Waals surface area contributed by atoms with Gasteiger partial charge in [0.15, 0.2) is 0 Å². The summed E-state index contributed by atoms with van der Waals surface area (Å²) in [7, 11) is -3.98. The van der Waals surface area contributed by atoms with Gasteiger partial charge in [0.25, 0.3) is 5.91 Å². The molecule has 2 rings (SSSR count). The first kappa shape index (κ1) is 14.6. The molecule has 1 N–H and O–H groups in total. The van der Waals surface area contributed by atoms with E-state index in [0.29, 0.717) is 5.56 Å². The van der Waals surface area contributed by atoms with E-state index in [4.69, 9.17) is 10.7 Å². The van der Waals surface area contributed by atoms with Gasteiger partial charge < -0.3 is 5.32 Å². The largest absolute Gasteiger partial charge is 0.357 e. The molecule has 0 spiro atoms. The van der Waals surface area contributed by atoms with E-state index in [9.17, 15) is 13.2 Å². The number of rotatable bonds is 5. The SMILES string of the molecule is C#CCNC(=O)c1ccc(S(=O)(=O)On2ccnc2)cc1. The van der Waals surface area contributed by atoms with Crippen molar-refractivity contribution in [1.82, 2.24) is 15.0 Å². The zero-order chi connectivity index (χ0) is 15.3. The quantitative estimate of drug-likeness (QED) is 0.789. The molecule has 0 saturated heterocycles. The second kappa shape index (κ2) is 6.11. The van der Waals surface area contributed by atoms with E-state index in [-0.39, 0.29) is 17.3 Å². The van der Waals surface area contributed by atoms with Gasteiger partial charge in [0, 0.05) is 11.8 Å². The van der Waals surface area contributed by atoms with Crippen LogP contribution in [0.25, 0.3) is 0 Å². The van der Waals surface area contributed by atoms with Crippen molar-refractivity contribution in [2.45, 2.75) is 4.90 Å². The number of terminal acetylenes is 1. The smallest absolute Gasteiger partial charge is 0.341 e. The van der Waals surface area contributed by atoms with E-state index in [1.54, 1.807) is 0 Å². The lowest BCUT2D eigenvalue weighted by Crippen LogP contribution is -2.23. The van der Waals surface area contributed by atoms with Crippen LogP contribution in [0.15, 0.2) is 47.9 Å². The Hall–Kier alpha value is -2.79. The van der Waals surface area contributed by atoms with E-state index in [0.717, 1.165) is 4.73 Å². The summed E-state index contributed by atoms with van der Waals surface area (Å²) in [5.41, 5.74) is 0.298. The molecule has 1 aromatic heterocycles. The maximum atomic E-state index is 12.0. The average Bonchev–Trinajstić information content (AvgIpc) is 2.97. The number of nitrogens with zero attached hydrogens (tertiary/aromatic N) is 2. The Labute approximate surface area is 121 Å². The second-order valence-corrected chi connectivity index (χ2v) is 5.39. The van der Waals surface area contributed by atoms with Crippen LogP contribution in [0.2, 0.25) is 0 Å². The molecule has 0 saturated carbocycles. The molecule has 0 aliphatic carbocycles. The number of carbonyl (C=O) groups excluding carboxylic acids is 1. The van der Waals surface area contributed by atoms with Crippen LogP contribution >= 0.6 is 0 Å². The van der Waals surface area contributed by atoms with Crippen molar-refractivity contribution >= 4 is 16.0 Å². The van der Waals surface area contributed by atoms with Crippen LogP contribution in [-0.2, 0) is 10.1 Å². The lowest BCUT2D eigenvalue weighted by molar-refractivity contribution is 0.0958. The molecule has 0 bridgehead atoms. The molecule has 7 nitrogen and oxygen atoms in total. The lowest BCUT2D eigenvalue weighted by Gasteiger charge is -2.07. The van der Waals surface area contributed by atoms with Gasteiger partial charge in [-0.1, -0.05) is 5.92 Å². The molecule has 2 aromatic rings. The summed E-state index contributed by atoms with van der Waals surface area (Å²) in [4.78, 5) is 15.2. The lowest BCUT2D eigenvalue weighted by atomic mass is 10.2. The third-order valence-corrected chi connectivity index (χ3v) is 3.64. The van der Waals surface area contributed by atoms with Crippen molar-refractivity contribution in [3.05, 3.63) is 48.5 Å². The summed E-state index contributed by atoms with van der Waals surface area (Å²) in [6, 6.07) is 5.29. The van der Waals surface area contributed by atoms with Crippen LogP contribution < -0.4 is 9.60 Å². The molecule has 21 heavy (non-hydrogen) atoms. The topological polar surface area (TPSA) is 90.3 Å². The number of carbonyl (C=O) groups is 1. The number of amides is 1. The minimum Gasteiger partial charge on any atom is -0.341 e. The van der Waals surface area contributed by atoms with Gasteiger partial charge in [-0.3, -0.25) is 9.08 Å². The first-order valence-electron chi connectivity index (χ1n) is 5.77. The Kier molecular flexibility index (Phi) is 4.25. The molecule has 0 atom stereocenters. The maximum absolute atomic E-state index is 12.0. The normalized spacial score (nSPS) is 10.6. The van der Waals surface area contributed by atoms with Gasteiger partial charge in [-0.05, 0) is 24.3 Å². The highest BCUT2D eigenvalue weighted by molar-refractivity contribution is 7.87. The van der Waals surface area contributed by atoms with Gasteiger partial charge in [0.05, 0.1) is 12.7 Å². The molecule has 0 aliphatic heterocycles. The molecule has 1 aromatic carbocycles. The van der Waals surface area contributed by atoms with Crippen molar-refractivity contribution < 1.29 is 17.5 Å². The minimum atomic E-state index is -3.98. The van der Waals surface area contributed by atoms with Crippen LogP contribution in [0.5, 0.6) is 0 Å². The number of nitrogens with one attached hydrogen (secondary N) is 1. The molecule has 8 heteroatoms. The molecular formula is C13H11N3O4S. The summed E-state index contributed by atoms with van der Waals surface area (Å²) in [6.45, 7) is 0.0998. The van der Waals surface area contributed by atoms with Crippen LogP contribution in [0.1, 0.15) is 10.4 Å². The molecular weight excluding hydrogens is 294 g/mol. The molecule has 1 heterocycles. The molecule has 0 fully saturated rings. The first-order chi connectivity index (χ1) is 10.0. The van der Waals surface area contributed by atoms with Crippen LogP contribution in [0.4, 0.5) is 0 Å². The van der Waals surface area contributed by atoms with Crippen molar-refractivity contribution in [2.75, 3.05) is 6.54 Å². The number of hydrogen-bond donors (Lipinski definition) is 1.